The Bertz CT molecular complexity index is 1270. The van der Waals surface area contributed by atoms with E-state index in [0.717, 1.165) is 13.0 Å². The Balaban J connectivity index is 1.52. The van der Waals surface area contributed by atoms with Gasteiger partial charge in [-0.05, 0) is 60.1 Å². The number of aromatic nitrogens is 5. The van der Waals surface area contributed by atoms with E-state index in [4.69, 9.17) is 16.0 Å². The van der Waals surface area contributed by atoms with Gasteiger partial charge in [0.1, 0.15) is 11.6 Å². The van der Waals surface area contributed by atoms with Gasteiger partial charge in [-0.2, -0.15) is 5.21 Å². The first-order valence-electron chi connectivity index (χ1n) is 12.1. The summed E-state index contributed by atoms with van der Waals surface area (Å²) >= 11 is 4.78. The van der Waals surface area contributed by atoms with E-state index < -0.39 is 19.8 Å². The summed E-state index contributed by atoms with van der Waals surface area (Å²) in [6, 6.07) is 7.03. The normalized spacial score (nSPS) is 16.5. The lowest BCUT2D eigenvalue weighted by Gasteiger charge is -2.38. The number of amides is 1. The second-order valence-electron chi connectivity index (χ2n) is 10.6. The van der Waals surface area contributed by atoms with Crippen molar-refractivity contribution in [2.45, 2.75) is 57.0 Å². The SMILES string of the molecule is CC(C)(C)[Si](C)(C)OC1CCN(c2ncc(C(=O)Nc3ccc(OC(F)(F)Cl)cc3)cc2-c2nn[nH]n2)C1. The smallest absolute Gasteiger partial charge is 0.420 e. The predicted molar refractivity (Wildman–Crippen MR) is 142 cm³/mol. The largest absolute Gasteiger partial charge is 0.487 e. The molecule has 3 aromatic rings. The number of hydrogen-bond donors (Lipinski definition) is 2. The number of pyridine rings is 1. The van der Waals surface area contributed by atoms with Gasteiger partial charge in [0, 0.05) is 36.6 Å². The molecular formula is C24H30ClF2N7O3Si. The second-order valence-corrected chi connectivity index (χ2v) is 15.8. The fourth-order valence-corrected chi connectivity index (χ4v) is 5.30. The van der Waals surface area contributed by atoms with E-state index >= 15 is 0 Å². The molecule has 0 radical (unpaired) electrons. The van der Waals surface area contributed by atoms with E-state index in [1.807, 2.05) is 0 Å². The predicted octanol–water partition coefficient (Wildman–Crippen LogP) is 5.28. The number of carbonyl (C=O) groups excluding carboxylic acids is 1. The molecule has 2 aromatic heterocycles. The molecule has 1 fully saturated rings. The first-order valence-corrected chi connectivity index (χ1v) is 15.3. The van der Waals surface area contributed by atoms with Crippen molar-refractivity contribution < 1.29 is 22.7 Å². The molecule has 1 unspecified atom stereocenters. The van der Waals surface area contributed by atoms with Crippen LogP contribution in [0.15, 0.2) is 36.5 Å². The third-order valence-electron chi connectivity index (χ3n) is 6.77. The third kappa shape index (κ3) is 6.63. The Kier molecular flexibility index (Phi) is 7.73. The average Bonchev–Trinajstić information content (AvgIpc) is 3.50. The fourth-order valence-electron chi connectivity index (χ4n) is 3.83. The van der Waals surface area contributed by atoms with Gasteiger partial charge in [0.25, 0.3) is 5.91 Å². The molecule has 1 aliphatic rings. The molecule has 0 saturated carbocycles. The number of nitrogens with one attached hydrogen (secondary N) is 2. The summed E-state index contributed by atoms with van der Waals surface area (Å²) in [6.07, 6.45) is 2.41. The minimum absolute atomic E-state index is 0.0736. The molecular weight excluding hydrogens is 536 g/mol. The molecule has 0 spiro atoms. The summed E-state index contributed by atoms with van der Waals surface area (Å²) in [5.74, 6) is 0.341. The van der Waals surface area contributed by atoms with Crippen LogP contribution in [-0.4, -0.2) is 64.6 Å². The van der Waals surface area contributed by atoms with Gasteiger partial charge in [-0.15, -0.1) is 19.0 Å². The lowest BCUT2D eigenvalue weighted by Crippen LogP contribution is -2.44. The summed E-state index contributed by atoms with van der Waals surface area (Å²) in [5.41, 5.74) is -2.65. The molecule has 0 aliphatic carbocycles. The summed E-state index contributed by atoms with van der Waals surface area (Å²) < 4.78 is 36.5. The van der Waals surface area contributed by atoms with Crippen molar-refractivity contribution in [1.82, 2.24) is 25.6 Å². The second kappa shape index (κ2) is 10.5. The van der Waals surface area contributed by atoms with Gasteiger partial charge in [0.2, 0.25) is 5.82 Å². The Labute approximate surface area is 225 Å². The summed E-state index contributed by atoms with van der Waals surface area (Å²) in [4.78, 5) is 19.7. The Morgan fingerprint density at radius 3 is 2.55 bits per heavy atom. The van der Waals surface area contributed by atoms with Gasteiger partial charge in [-0.1, -0.05) is 20.8 Å². The summed E-state index contributed by atoms with van der Waals surface area (Å²) in [7, 11) is -1.93. The van der Waals surface area contributed by atoms with E-state index in [2.05, 4.69) is 74.4 Å². The maximum Gasteiger partial charge on any atom is 0.487 e. The average molecular weight is 566 g/mol. The van der Waals surface area contributed by atoms with Crippen LogP contribution >= 0.6 is 11.6 Å². The molecule has 3 heterocycles. The van der Waals surface area contributed by atoms with E-state index in [9.17, 15) is 13.6 Å². The van der Waals surface area contributed by atoms with Crippen LogP contribution in [0.25, 0.3) is 11.4 Å². The number of carbonyl (C=O) groups is 1. The summed E-state index contributed by atoms with van der Waals surface area (Å²) in [6.45, 7) is 12.5. The van der Waals surface area contributed by atoms with Crippen LogP contribution in [0.1, 0.15) is 37.6 Å². The first-order chi connectivity index (χ1) is 17.7. The van der Waals surface area contributed by atoms with Crippen LogP contribution in [0, 0.1) is 0 Å². The molecule has 1 atom stereocenters. The number of alkyl halides is 3. The number of aromatic amines is 1. The van der Waals surface area contributed by atoms with E-state index in [-0.39, 0.29) is 22.5 Å². The summed E-state index contributed by atoms with van der Waals surface area (Å²) in [5, 5.41) is 17.1. The molecule has 204 valence electrons. The molecule has 4 rings (SSSR count). The van der Waals surface area contributed by atoms with Gasteiger partial charge in [0.15, 0.2) is 8.32 Å². The number of rotatable bonds is 8. The number of ether oxygens (including phenoxy) is 1. The van der Waals surface area contributed by atoms with Gasteiger partial charge in [-0.3, -0.25) is 4.79 Å². The zero-order chi connectivity index (χ0) is 27.7. The topological polar surface area (TPSA) is 118 Å². The maximum absolute atomic E-state index is 13.0. The zero-order valence-corrected chi connectivity index (χ0v) is 23.5. The zero-order valence-electron chi connectivity index (χ0n) is 21.8. The van der Waals surface area contributed by atoms with Crippen molar-refractivity contribution >= 4 is 37.3 Å². The van der Waals surface area contributed by atoms with Crippen LogP contribution in [0.5, 0.6) is 5.75 Å². The molecule has 1 aliphatic heterocycles. The molecule has 1 amide bonds. The molecule has 14 heteroatoms. The van der Waals surface area contributed by atoms with Crippen LogP contribution in [-0.2, 0) is 4.43 Å². The third-order valence-corrected chi connectivity index (χ3v) is 11.4. The Hall–Kier alpha value is -3.16. The first kappa shape index (κ1) is 27.9. The van der Waals surface area contributed by atoms with Crippen LogP contribution in [0.3, 0.4) is 0 Å². The van der Waals surface area contributed by atoms with Crippen LogP contribution in [0.2, 0.25) is 18.1 Å². The molecule has 0 bridgehead atoms. The van der Waals surface area contributed by atoms with E-state index in [1.165, 1.54) is 30.5 Å². The number of nitrogens with zero attached hydrogens (tertiary/aromatic N) is 5. The monoisotopic (exact) mass is 565 g/mol. The minimum Gasteiger partial charge on any atom is -0.420 e. The number of H-pyrrole nitrogens is 1. The number of benzene rings is 1. The molecule has 1 saturated heterocycles. The van der Waals surface area contributed by atoms with Gasteiger partial charge in [0.05, 0.1) is 17.2 Å². The van der Waals surface area contributed by atoms with Crippen molar-refractivity contribution in [2.75, 3.05) is 23.3 Å². The van der Waals surface area contributed by atoms with E-state index in [1.54, 1.807) is 6.07 Å². The van der Waals surface area contributed by atoms with Crippen molar-refractivity contribution in [1.29, 1.82) is 0 Å². The lowest BCUT2D eigenvalue weighted by atomic mass is 10.1. The maximum atomic E-state index is 13.0. The Morgan fingerprint density at radius 2 is 1.95 bits per heavy atom. The molecule has 38 heavy (non-hydrogen) atoms. The molecule has 1 aromatic carbocycles. The number of anilines is 2. The van der Waals surface area contributed by atoms with Gasteiger partial charge >= 0.3 is 5.57 Å². The van der Waals surface area contributed by atoms with Crippen molar-refractivity contribution in [3.63, 3.8) is 0 Å². The molecule has 2 N–H and O–H groups in total. The Morgan fingerprint density at radius 1 is 1.24 bits per heavy atom. The standard InChI is InChI=1S/C24H30ClF2N7O3Si/c1-23(2,3)38(4,5)37-18-10-11-34(14-18)21-19(20-30-32-33-31-20)12-15(13-28-21)22(35)29-16-6-8-17(9-7-16)36-24(25,26)27/h6-9,12-13,18H,10-11,14H2,1-5H3,(H,29,35)(H,30,31,32,33). The quantitative estimate of drug-likeness (QED) is 0.280. The highest BCUT2D eigenvalue weighted by molar-refractivity contribution is 6.74. The number of halogens is 3. The number of tetrazole rings is 1. The molecule has 10 nitrogen and oxygen atoms in total. The van der Waals surface area contributed by atoms with Gasteiger partial charge < -0.3 is 19.4 Å². The van der Waals surface area contributed by atoms with Gasteiger partial charge in [-0.25, -0.2) is 4.98 Å². The van der Waals surface area contributed by atoms with Crippen LogP contribution in [0.4, 0.5) is 20.3 Å². The van der Waals surface area contributed by atoms with E-state index in [0.29, 0.717) is 29.4 Å². The fraction of sp³-hybridized carbons (Fsp3) is 0.458. The number of hydrogen-bond acceptors (Lipinski definition) is 8. The van der Waals surface area contributed by atoms with Crippen LogP contribution < -0.4 is 15.0 Å². The highest BCUT2D eigenvalue weighted by Gasteiger charge is 2.41. The van der Waals surface area contributed by atoms with Crippen molar-refractivity contribution in [3.8, 4) is 17.1 Å². The highest BCUT2D eigenvalue weighted by Crippen LogP contribution is 2.39. The minimum atomic E-state index is -3.82. The lowest BCUT2D eigenvalue weighted by molar-refractivity contribution is -0.0964. The van der Waals surface area contributed by atoms with Crippen molar-refractivity contribution in [3.05, 3.63) is 42.1 Å². The highest BCUT2D eigenvalue weighted by atomic mass is 35.5. The van der Waals surface area contributed by atoms with Crippen molar-refractivity contribution in [2.24, 2.45) is 0 Å².